The molecule has 24 heavy (non-hydrogen) atoms. The molecular weight excluding hydrogens is 318 g/mol. The summed E-state index contributed by atoms with van der Waals surface area (Å²) < 4.78 is 2.10. The first kappa shape index (κ1) is 15.4. The molecule has 4 rings (SSSR count). The van der Waals surface area contributed by atoms with E-state index in [1.54, 1.807) is 11.3 Å². The highest BCUT2D eigenvalue weighted by atomic mass is 32.1. The van der Waals surface area contributed by atoms with E-state index in [1.165, 1.54) is 11.1 Å². The lowest BCUT2D eigenvalue weighted by Gasteiger charge is -2.07. The van der Waals surface area contributed by atoms with E-state index >= 15 is 0 Å². The van der Waals surface area contributed by atoms with Crippen LogP contribution >= 0.6 is 11.3 Å². The van der Waals surface area contributed by atoms with Crippen LogP contribution in [-0.4, -0.2) is 21.3 Å². The first-order valence-electron chi connectivity index (χ1n) is 8.39. The zero-order valence-corrected chi connectivity index (χ0v) is 14.8. The Balaban J connectivity index is 1.32. The lowest BCUT2D eigenvalue weighted by Crippen LogP contribution is -2.26. The molecule has 0 aliphatic heterocycles. The average molecular weight is 339 g/mol. The van der Waals surface area contributed by atoms with Crippen molar-refractivity contribution in [2.75, 3.05) is 0 Å². The predicted octanol–water partition coefficient (Wildman–Crippen LogP) is 3.62. The van der Waals surface area contributed by atoms with Crippen molar-refractivity contribution in [3.8, 4) is 0 Å². The number of fused-ring (bicyclic) bond motifs is 1. The zero-order valence-electron chi connectivity index (χ0n) is 14.0. The van der Waals surface area contributed by atoms with E-state index in [0.717, 1.165) is 29.2 Å². The Labute approximate surface area is 145 Å². The van der Waals surface area contributed by atoms with Crippen molar-refractivity contribution < 1.29 is 4.79 Å². The molecule has 1 amide bonds. The maximum Gasteiger partial charge on any atom is 0.220 e. The molecule has 0 saturated heterocycles. The van der Waals surface area contributed by atoms with E-state index in [2.05, 4.69) is 51.3 Å². The second-order valence-electron chi connectivity index (χ2n) is 6.63. The van der Waals surface area contributed by atoms with Crippen molar-refractivity contribution in [1.29, 1.82) is 0 Å². The summed E-state index contributed by atoms with van der Waals surface area (Å²) in [5, 5.41) is 5.28. The Bertz CT molecular complexity index is 895. The number of nitrogens with zero attached hydrogens (tertiary/aromatic N) is 2. The molecule has 1 aliphatic carbocycles. The van der Waals surface area contributed by atoms with Crippen molar-refractivity contribution in [3.63, 3.8) is 0 Å². The molecule has 0 radical (unpaired) electrons. The van der Waals surface area contributed by atoms with Crippen molar-refractivity contribution >= 4 is 22.2 Å². The van der Waals surface area contributed by atoms with Crippen molar-refractivity contribution in [2.24, 2.45) is 0 Å². The number of thiazole rings is 1. The van der Waals surface area contributed by atoms with Crippen LogP contribution in [0, 0.1) is 13.8 Å². The van der Waals surface area contributed by atoms with Gasteiger partial charge in [-0.1, -0.05) is 24.3 Å². The Morgan fingerprint density at radius 1 is 1.38 bits per heavy atom. The highest BCUT2D eigenvalue weighted by Crippen LogP contribution is 2.42. The number of nitrogens with one attached hydrogen (secondary N) is 1. The number of carbonyl (C=O) groups excluding carboxylic acids is 1. The Morgan fingerprint density at radius 3 is 3.04 bits per heavy atom. The van der Waals surface area contributed by atoms with Crippen LogP contribution in [0.5, 0.6) is 0 Å². The largest absolute Gasteiger partial charge is 0.353 e. The molecule has 3 aromatic rings. The van der Waals surface area contributed by atoms with Crippen LogP contribution in [0.25, 0.3) is 4.96 Å². The van der Waals surface area contributed by atoms with Crippen LogP contribution in [0.3, 0.4) is 0 Å². The molecule has 2 heterocycles. The molecule has 0 spiro atoms. The standard InChI is InChI=1S/C19H21N3OS/c1-12-5-3-4-6-15(12)16-9-17(16)21-18(23)8-7-14-11-24-19-20-13(2)10-22(14)19/h3-6,10-11,16-17H,7-9H2,1-2H3,(H,21,23)/t16-,17-/m1/s1. The van der Waals surface area contributed by atoms with Crippen LogP contribution in [0.2, 0.25) is 0 Å². The van der Waals surface area contributed by atoms with Crippen LogP contribution in [0.15, 0.2) is 35.8 Å². The van der Waals surface area contributed by atoms with Gasteiger partial charge in [0.05, 0.1) is 5.69 Å². The number of amides is 1. The number of aryl methyl sites for hydroxylation is 3. The summed E-state index contributed by atoms with van der Waals surface area (Å²) in [5.41, 5.74) is 4.87. The smallest absolute Gasteiger partial charge is 0.220 e. The van der Waals surface area contributed by atoms with Gasteiger partial charge in [0.1, 0.15) is 0 Å². The minimum Gasteiger partial charge on any atom is -0.353 e. The number of carbonyl (C=O) groups is 1. The number of hydrogen-bond acceptors (Lipinski definition) is 3. The fraction of sp³-hybridized carbons (Fsp3) is 0.368. The van der Waals surface area contributed by atoms with Gasteiger partial charge < -0.3 is 5.32 Å². The molecule has 1 fully saturated rings. The summed E-state index contributed by atoms with van der Waals surface area (Å²) in [6, 6.07) is 8.76. The number of aromatic nitrogens is 2. The summed E-state index contributed by atoms with van der Waals surface area (Å²) >= 11 is 1.63. The average Bonchev–Trinajstić information content (AvgIpc) is 3.04. The van der Waals surface area contributed by atoms with Gasteiger partial charge in [0, 0.05) is 35.7 Å². The normalized spacial score (nSPS) is 19.6. The summed E-state index contributed by atoms with van der Waals surface area (Å²) in [6.45, 7) is 4.14. The maximum absolute atomic E-state index is 12.3. The first-order valence-corrected chi connectivity index (χ1v) is 9.27. The number of rotatable bonds is 5. The maximum atomic E-state index is 12.3. The van der Waals surface area contributed by atoms with E-state index < -0.39 is 0 Å². The predicted molar refractivity (Wildman–Crippen MR) is 96.6 cm³/mol. The van der Waals surface area contributed by atoms with Gasteiger partial charge >= 0.3 is 0 Å². The second kappa shape index (κ2) is 6.06. The Kier molecular flexibility index (Phi) is 3.88. The van der Waals surface area contributed by atoms with Crippen molar-refractivity contribution in [2.45, 2.75) is 45.1 Å². The van der Waals surface area contributed by atoms with E-state index in [0.29, 0.717) is 18.4 Å². The van der Waals surface area contributed by atoms with E-state index in [1.807, 2.05) is 13.1 Å². The SMILES string of the molecule is Cc1cn2c(CCC(=O)N[C@@H]3C[C@@H]3c3ccccc3C)csc2n1. The molecule has 2 aromatic heterocycles. The molecule has 5 heteroatoms. The van der Waals surface area contributed by atoms with Crippen LogP contribution in [0.4, 0.5) is 0 Å². The molecule has 1 aliphatic rings. The highest BCUT2D eigenvalue weighted by molar-refractivity contribution is 7.15. The molecule has 1 aromatic carbocycles. The molecule has 0 bridgehead atoms. The minimum atomic E-state index is 0.146. The zero-order chi connectivity index (χ0) is 16.7. The minimum absolute atomic E-state index is 0.146. The quantitative estimate of drug-likeness (QED) is 0.772. The van der Waals surface area contributed by atoms with Gasteiger partial charge in [-0.2, -0.15) is 0 Å². The summed E-state index contributed by atoms with van der Waals surface area (Å²) in [7, 11) is 0. The van der Waals surface area contributed by atoms with Crippen LogP contribution < -0.4 is 5.32 Å². The van der Waals surface area contributed by atoms with Gasteiger partial charge in [-0.3, -0.25) is 9.20 Å². The summed E-state index contributed by atoms with van der Waals surface area (Å²) in [5.74, 6) is 0.631. The van der Waals surface area contributed by atoms with Crippen LogP contribution in [0.1, 0.15) is 41.3 Å². The van der Waals surface area contributed by atoms with Crippen molar-refractivity contribution in [1.82, 2.24) is 14.7 Å². The number of benzene rings is 1. The molecule has 0 unspecified atom stereocenters. The Morgan fingerprint density at radius 2 is 2.21 bits per heavy atom. The third kappa shape index (κ3) is 2.96. The molecule has 1 N–H and O–H groups in total. The fourth-order valence-corrected chi connectivity index (χ4v) is 4.30. The molecular formula is C19H21N3OS. The monoisotopic (exact) mass is 339 g/mol. The van der Waals surface area contributed by atoms with Gasteiger partial charge in [-0.25, -0.2) is 4.98 Å². The van der Waals surface area contributed by atoms with Crippen molar-refractivity contribution in [3.05, 3.63) is 58.4 Å². The van der Waals surface area contributed by atoms with Gasteiger partial charge in [0.15, 0.2) is 4.96 Å². The molecule has 124 valence electrons. The molecule has 2 atom stereocenters. The second-order valence-corrected chi connectivity index (χ2v) is 7.47. The Hall–Kier alpha value is -2.14. The third-order valence-electron chi connectivity index (χ3n) is 4.74. The highest BCUT2D eigenvalue weighted by Gasteiger charge is 2.39. The van der Waals surface area contributed by atoms with Gasteiger partial charge in [-0.15, -0.1) is 11.3 Å². The third-order valence-corrected chi connectivity index (χ3v) is 5.63. The van der Waals surface area contributed by atoms with E-state index in [9.17, 15) is 4.79 Å². The lowest BCUT2D eigenvalue weighted by molar-refractivity contribution is -0.121. The topological polar surface area (TPSA) is 46.4 Å². The summed E-state index contributed by atoms with van der Waals surface area (Å²) in [4.78, 5) is 17.7. The number of hydrogen-bond donors (Lipinski definition) is 1. The van der Waals surface area contributed by atoms with E-state index in [-0.39, 0.29) is 5.91 Å². The first-order chi connectivity index (χ1) is 11.6. The molecule has 1 saturated carbocycles. The van der Waals surface area contributed by atoms with E-state index in [4.69, 9.17) is 0 Å². The van der Waals surface area contributed by atoms with Gasteiger partial charge in [-0.05, 0) is 37.8 Å². The number of imidazole rings is 1. The summed E-state index contributed by atoms with van der Waals surface area (Å²) in [6.07, 6.45) is 4.37. The fourth-order valence-electron chi connectivity index (χ4n) is 3.34. The van der Waals surface area contributed by atoms with Crippen LogP contribution in [-0.2, 0) is 11.2 Å². The van der Waals surface area contributed by atoms with Gasteiger partial charge in [0.25, 0.3) is 0 Å². The van der Waals surface area contributed by atoms with Gasteiger partial charge in [0.2, 0.25) is 5.91 Å². The lowest BCUT2D eigenvalue weighted by atomic mass is 10.0. The molecule has 4 nitrogen and oxygen atoms in total.